The molecule has 0 aliphatic heterocycles. The minimum absolute atomic E-state index is 0.0370. The maximum atomic E-state index is 11.1. The van der Waals surface area contributed by atoms with Gasteiger partial charge in [0.15, 0.2) is 6.29 Å². The van der Waals surface area contributed by atoms with Gasteiger partial charge in [0, 0.05) is 31.5 Å². The van der Waals surface area contributed by atoms with Crippen molar-refractivity contribution in [2.45, 2.75) is 53.2 Å². The smallest absolute Gasteiger partial charge is 0.154 e. The summed E-state index contributed by atoms with van der Waals surface area (Å²) in [5.74, 6) is 1.55. The Morgan fingerprint density at radius 3 is 2.05 bits per heavy atom. The fourth-order valence-electron chi connectivity index (χ4n) is 3.05. The van der Waals surface area contributed by atoms with E-state index in [0.717, 1.165) is 26.1 Å². The van der Waals surface area contributed by atoms with Crippen molar-refractivity contribution in [3.63, 3.8) is 0 Å². The second kappa shape index (κ2) is 10.7. The maximum Gasteiger partial charge on any atom is 0.154 e. The molecule has 122 valence electrons. The summed E-state index contributed by atoms with van der Waals surface area (Å²) in [5, 5.41) is 0. The second-order valence-corrected chi connectivity index (χ2v) is 5.29. The Labute approximate surface area is 128 Å². The van der Waals surface area contributed by atoms with Gasteiger partial charge in [-0.25, -0.2) is 0 Å². The average molecular weight is 298 g/mol. The Hall–Kier alpha value is -1.00. The molecule has 0 N–H and O–H groups in total. The molecular weight excluding hydrogens is 268 g/mol. The normalized spacial score (nSPS) is 26.0. The minimum atomic E-state index is -0.0370. The van der Waals surface area contributed by atoms with E-state index >= 15 is 0 Å². The highest BCUT2D eigenvalue weighted by Crippen LogP contribution is 2.46. The molecule has 4 nitrogen and oxygen atoms in total. The third-order valence-corrected chi connectivity index (χ3v) is 3.94. The van der Waals surface area contributed by atoms with E-state index in [1.54, 1.807) is 6.92 Å². The molecule has 0 aromatic rings. The van der Waals surface area contributed by atoms with Gasteiger partial charge in [0.25, 0.3) is 0 Å². The Kier molecular flexibility index (Phi) is 10.2. The lowest BCUT2D eigenvalue weighted by Crippen LogP contribution is -2.22. The lowest BCUT2D eigenvalue weighted by Gasteiger charge is -2.17. The van der Waals surface area contributed by atoms with Gasteiger partial charge in [-0.15, -0.1) is 13.2 Å². The van der Waals surface area contributed by atoms with Crippen molar-refractivity contribution in [1.29, 1.82) is 0 Å². The van der Waals surface area contributed by atoms with E-state index in [4.69, 9.17) is 9.47 Å². The molecule has 0 saturated heterocycles. The van der Waals surface area contributed by atoms with Gasteiger partial charge in [-0.1, -0.05) is 0 Å². The number of ketones is 2. The molecule has 4 heteroatoms. The van der Waals surface area contributed by atoms with E-state index in [-0.39, 0.29) is 23.9 Å². The molecule has 2 fully saturated rings. The summed E-state index contributed by atoms with van der Waals surface area (Å²) in [6.07, 6.45) is 2.47. The topological polar surface area (TPSA) is 52.6 Å². The molecule has 3 atom stereocenters. The Balaban J connectivity index is 0.000000358. The molecule has 0 radical (unpaired) electrons. The van der Waals surface area contributed by atoms with Crippen LogP contribution in [0.3, 0.4) is 0 Å². The van der Waals surface area contributed by atoms with Crippen molar-refractivity contribution >= 4 is 11.6 Å². The summed E-state index contributed by atoms with van der Waals surface area (Å²) in [5.41, 5.74) is 0. The highest BCUT2D eigenvalue weighted by molar-refractivity contribution is 5.89. The van der Waals surface area contributed by atoms with Crippen molar-refractivity contribution in [2.75, 3.05) is 13.2 Å². The summed E-state index contributed by atoms with van der Waals surface area (Å²) in [6.45, 7) is 14.9. The predicted molar refractivity (Wildman–Crippen MR) is 84.0 cm³/mol. The van der Waals surface area contributed by atoms with Gasteiger partial charge in [0.05, 0.1) is 0 Å². The van der Waals surface area contributed by atoms with Crippen LogP contribution in [-0.2, 0) is 19.1 Å². The van der Waals surface area contributed by atoms with E-state index in [1.807, 2.05) is 20.8 Å². The predicted octanol–water partition coefficient (Wildman–Crippen LogP) is 3.40. The molecule has 3 unspecified atom stereocenters. The van der Waals surface area contributed by atoms with Crippen LogP contribution in [0.25, 0.3) is 0 Å². The summed E-state index contributed by atoms with van der Waals surface area (Å²) in [6, 6.07) is 0. The number of hydrogen-bond acceptors (Lipinski definition) is 4. The number of rotatable bonds is 5. The van der Waals surface area contributed by atoms with Crippen LogP contribution in [0.15, 0.2) is 13.2 Å². The average Bonchev–Trinajstić information content (AvgIpc) is 3.01. The Morgan fingerprint density at radius 1 is 1.24 bits per heavy atom. The summed E-state index contributed by atoms with van der Waals surface area (Å²) in [7, 11) is 0. The highest BCUT2D eigenvalue weighted by Gasteiger charge is 2.46. The first-order valence-electron chi connectivity index (χ1n) is 7.75. The van der Waals surface area contributed by atoms with E-state index in [2.05, 4.69) is 13.2 Å². The molecule has 0 amide bonds. The van der Waals surface area contributed by atoms with Gasteiger partial charge in [0.1, 0.15) is 11.6 Å². The first-order valence-corrected chi connectivity index (χ1v) is 7.75. The van der Waals surface area contributed by atoms with E-state index in [1.165, 1.54) is 0 Å². The van der Waals surface area contributed by atoms with Crippen molar-refractivity contribution < 1.29 is 19.1 Å². The number of carbonyl (C=O) groups is 2. The summed E-state index contributed by atoms with van der Waals surface area (Å²) < 4.78 is 10.1. The third-order valence-electron chi connectivity index (χ3n) is 3.94. The van der Waals surface area contributed by atoms with Crippen LogP contribution >= 0.6 is 0 Å². The number of carbonyl (C=O) groups excluding carboxylic acids is 2. The van der Waals surface area contributed by atoms with Crippen molar-refractivity contribution in [3.8, 4) is 0 Å². The third kappa shape index (κ3) is 6.53. The highest BCUT2D eigenvalue weighted by atomic mass is 16.7. The fourth-order valence-corrected chi connectivity index (χ4v) is 3.05. The van der Waals surface area contributed by atoms with Crippen molar-refractivity contribution in [3.05, 3.63) is 13.2 Å². The van der Waals surface area contributed by atoms with Crippen LogP contribution in [0.1, 0.15) is 47.0 Å². The molecule has 0 aromatic heterocycles. The van der Waals surface area contributed by atoms with Crippen molar-refractivity contribution in [1.82, 2.24) is 0 Å². The molecular formula is C17H30O4. The summed E-state index contributed by atoms with van der Waals surface area (Å²) >= 11 is 0. The molecule has 2 aliphatic carbocycles. The minimum Gasteiger partial charge on any atom is -0.353 e. The number of hydrogen-bond donors (Lipinski definition) is 0. The fraction of sp³-hybridized carbons (Fsp3) is 0.765. The van der Waals surface area contributed by atoms with Crippen molar-refractivity contribution in [2.24, 2.45) is 17.8 Å². The molecule has 2 rings (SSSR count). The molecule has 0 heterocycles. The zero-order chi connectivity index (χ0) is 16.4. The van der Waals surface area contributed by atoms with Gasteiger partial charge < -0.3 is 9.47 Å². The Morgan fingerprint density at radius 2 is 1.76 bits per heavy atom. The van der Waals surface area contributed by atoms with E-state index < -0.39 is 0 Å². The van der Waals surface area contributed by atoms with Crippen LogP contribution in [0.2, 0.25) is 0 Å². The largest absolute Gasteiger partial charge is 0.353 e. The van der Waals surface area contributed by atoms with Gasteiger partial charge in [-0.2, -0.15) is 0 Å². The number of fused-ring (bicyclic) bond motifs is 2. The lowest BCUT2D eigenvalue weighted by atomic mass is 9.86. The molecule has 2 bridgehead atoms. The van der Waals surface area contributed by atoms with Gasteiger partial charge in [0.2, 0.25) is 0 Å². The van der Waals surface area contributed by atoms with Crippen LogP contribution in [-0.4, -0.2) is 31.1 Å². The van der Waals surface area contributed by atoms with Gasteiger partial charge >= 0.3 is 0 Å². The van der Waals surface area contributed by atoms with Gasteiger partial charge in [-0.3, -0.25) is 9.59 Å². The first kappa shape index (κ1) is 20.0. The maximum absolute atomic E-state index is 11.1. The number of ether oxygens (including phenoxy) is 2. The van der Waals surface area contributed by atoms with Crippen LogP contribution in [0, 0.1) is 17.8 Å². The lowest BCUT2D eigenvalue weighted by molar-refractivity contribution is -0.126. The standard InChI is InChI=1S/C9H12O2.C6H14O2.C2H4/c1-5(10)8-3-7-2-6(8)4-9(7)11;1-4-7-6(3)8-5-2;1-2/h6-8H,2-4H2,1H3;6H,4-5H2,1-3H3;1-2H2. The molecule has 2 aliphatic rings. The molecule has 0 spiro atoms. The molecule has 21 heavy (non-hydrogen) atoms. The van der Waals surface area contributed by atoms with Gasteiger partial charge in [-0.05, 0) is 46.5 Å². The van der Waals surface area contributed by atoms with Crippen LogP contribution in [0.4, 0.5) is 0 Å². The second-order valence-electron chi connectivity index (χ2n) is 5.29. The Bertz CT molecular complexity index is 321. The SMILES string of the molecule is C=C.CC(=O)C1CC2CC1CC2=O.CCOC(C)OCC. The monoisotopic (exact) mass is 298 g/mol. The molecule has 2 saturated carbocycles. The van der Waals surface area contributed by atoms with E-state index in [0.29, 0.717) is 18.1 Å². The first-order chi connectivity index (χ1) is 9.99. The molecule has 0 aromatic carbocycles. The van der Waals surface area contributed by atoms with Crippen LogP contribution in [0.5, 0.6) is 0 Å². The summed E-state index contributed by atoms with van der Waals surface area (Å²) in [4.78, 5) is 22.1. The zero-order valence-electron chi connectivity index (χ0n) is 13.9. The zero-order valence-corrected chi connectivity index (χ0v) is 13.9. The quantitative estimate of drug-likeness (QED) is 0.576. The number of Topliss-reactive ketones (excluding diaryl/α,β-unsaturated/α-hetero) is 2. The van der Waals surface area contributed by atoms with E-state index in [9.17, 15) is 9.59 Å². The van der Waals surface area contributed by atoms with Crippen LogP contribution < -0.4 is 0 Å².